The Morgan fingerprint density at radius 3 is 2.39 bits per heavy atom. The molecule has 1 amide bonds. The Morgan fingerprint density at radius 1 is 0.972 bits per heavy atom. The lowest BCUT2D eigenvalue weighted by Gasteiger charge is -2.15. The predicted molar refractivity (Wildman–Crippen MR) is 159 cm³/mol. The predicted octanol–water partition coefficient (Wildman–Crippen LogP) is 8.36. The molecule has 0 spiro atoms. The van der Waals surface area contributed by atoms with E-state index in [1.165, 1.54) is 27.4 Å². The average molecular weight is 641 g/mol. The van der Waals surface area contributed by atoms with Crippen LogP contribution in [0.4, 0.5) is 5.69 Å². The van der Waals surface area contributed by atoms with Gasteiger partial charge in [-0.3, -0.25) is 9.69 Å². The standard InChI is InChI=1S/C28H19Br2NO3S2/c1-33-21-11-9-20(10-12-21)31-27(32)25(36-28(31)35)15-17-13-23(29)26(24(30)14-17)34-16-19-7-4-6-18-5-2-3-8-22(18)19/h2-15H,16H2,1H3/b25-15+. The lowest BCUT2D eigenvalue weighted by Crippen LogP contribution is -2.27. The van der Waals surface area contributed by atoms with Crippen LogP contribution in [0.5, 0.6) is 11.5 Å². The van der Waals surface area contributed by atoms with Gasteiger partial charge < -0.3 is 9.47 Å². The van der Waals surface area contributed by atoms with Crippen molar-refractivity contribution >= 4 is 88.6 Å². The van der Waals surface area contributed by atoms with E-state index in [4.69, 9.17) is 21.7 Å². The van der Waals surface area contributed by atoms with Gasteiger partial charge in [-0.05, 0) is 96.2 Å². The highest BCUT2D eigenvalue weighted by atomic mass is 79.9. The lowest BCUT2D eigenvalue weighted by molar-refractivity contribution is -0.113. The fourth-order valence-electron chi connectivity index (χ4n) is 3.94. The first kappa shape index (κ1) is 25.0. The number of amides is 1. The van der Waals surface area contributed by atoms with Crippen LogP contribution in [-0.2, 0) is 11.4 Å². The van der Waals surface area contributed by atoms with Crippen molar-refractivity contribution in [3.8, 4) is 11.5 Å². The summed E-state index contributed by atoms with van der Waals surface area (Å²) in [5.41, 5.74) is 2.67. The van der Waals surface area contributed by atoms with E-state index in [9.17, 15) is 4.79 Å². The molecule has 8 heteroatoms. The van der Waals surface area contributed by atoms with Crippen molar-refractivity contribution in [3.63, 3.8) is 0 Å². The van der Waals surface area contributed by atoms with E-state index in [1.54, 1.807) is 7.11 Å². The van der Waals surface area contributed by atoms with E-state index in [-0.39, 0.29) is 5.91 Å². The molecule has 1 heterocycles. The molecule has 1 saturated heterocycles. The number of fused-ring (bicyclic) bond motifs is 1. The zero-order valence-electron chi connectivity index (χ0n) is 19.0. The Balaban J connectivity index is 1.36. The highest BCUT2D eigenvalue weighted by Crippen LogP contribution is 2.40. The van der Waals surface area contributed by atoms with Gasteiger partial charge in [-0.1, -0.05) is 66.4 Å². The molecule has 4 aromatic carbocycles. The maximum absolute atomic E-state index is 13.1. The van der Waals surface area contributed by atoms with Crippen molar-refractivity contribution in [2.45, 2.75) is 6.61 Å². The Kier molecular flexibility index (Phi) is 7.48. The van der Waals surface area contributed by atoms with Crippen molar-refractivity contribution in [1.29, 1.82) is 0 Å². The first-order valence-electron chi connectivity index (χ1n) is 10.9. The maximum Gasteiger partial charge on any atom is 0.270 e. The van der Waals surface area contributed by atoms with Crippen LogP contribution >= 0.6 is 55.8 Å². The number of thiocarbonyl (C=S) groups is 1. The van der Waals surface area contributed by atoms with Crippen molar-refractivity contribution in [1.82, 2.24) is 0 Å². The number of rotatable bonds is 6. The van der Waals surface area contributed by atoms with E-state index < -0.39 is 0 Å². The SMILES string of the molecule is COc1ccc(N2C(=O)/C(=C\c3cc(Br)c(OCc4cccc5ccccc45)c(Br)c3)SC2=S)cc1. The number of hydrogen-bond donors (Lipinski definition) is 0. The van der Waals surface area contributed by atoms with Gasteiger partial charge >= 0.3 is 0 Å². The van der Waals surface area contributed by atoms with Crippen LogP contribution in [0.25, 0.3) is 16.8 Å². The van der Waals surface area contributed by atoms with E-state index in [2.05, 4.69) is 56.1 Å². The highest BCUT2D eigenvalue weighted by Gasteiger charge is 2.33. The Morgan fingerprint density at radius 2 is 1.67 bits per heavy atom. The molecule has 0 unspecified atom stereocenters. The van der Waals surface area contributed by atoms with Gasteiger partial charge in [0.1, 0.15) is 18.1 Å². The summed E-state index contributed by atoms with van der Waals surface area (Å²) >= 11 is 14.1. The average Bonchev–Trinajstić information content (AvgIpc) is 3.16. The second-order valence-corrected chi connectivity index (χ2v) is 11.3. The van der Waals surface area contributed by atoms with E-state index in [0.29, 0.717) is 27.3 Å². The summed E-state index contributed by atoms with van der Waals surface area (Å²) < 4.78 is 13.5. The minimum Gasteiger partial charge on any atom is -0.497 e. The molecule has 1 aliphatic rings. The summed E-state index contributed by atoms with van der Waals surface area (Å²) in [5.74, 6) is 1.27. The lowest BCUT2D eigenvalue weighted by atomic mass is 10.1. The van der Waals surface area contributed by atoms with Gasteiger partial charge in [0.2, 0.25) is 0 Å². The maximum atomic E-state index is 13.1. The number of benzene rings is 4. The summed E-state index contributed by atoms with van der Waals surface area (Å²) in [6.45, 7) is 0.429. The molecule has 1 fully saturated rings. The smallest absolute Gasteiger partial charge is 0.270 e. The zero-order chi connectivity index (χ0) is 25.2. The largest absolute Gasteiger partial charge is 0.497 e. The van der Waals surface area contributed by atoms with Gasteiger partial charge in [0, 0.05) is 0 Å². The van der Waals surface area contributed by atoms with E-state index in [0.717, 1.165) is 25.8 Å². The van der Waals surface area contributed by atoms with Crippen LogP contribution in [0.1, 0.15) is 11.1 Å². The molecule has 4 nitrogen and oxygen atoms in total. The van der Waals surface area contributed by atoms with Crippen LogP contribution in [0.2, 0.25) is 0 Å². The normalized spacial score (nSPS) is 14.6. The number of thioether (sulfide) groups is 1. The van der Waals surface area contributed by atoms with Crippen LogP contribution in [0, 0.1) is 0 Å². The summed E-state index contributed by atoms with van der Waals surface area (Å²) in [4.78, 5) is 15.2. The van der Waals surface area contributed by atoms with Gasteiger partial charge in [-0.2, -0.15) is 0 Å². The third-order valence-corrected chi connectivity index (χ3v) is 8.17. The molecule has 0 N–H and O–H groups in total. The number of carbonyl (C=O) groups excluding carboxylic acids is 1. The molecular formula is C28H19Br2NO3S2. The molecule has 4 aromatic rings. The summed E-state index contributed by atoms with van der Waals surface area (Å²) in [6.07, 6.45) is 1.84. The number of nitrogens with zero attached hydrogens (tertiary/aromatic N) is 1. The topological polar surface area (TPSA) is 38.8 Å². The first-order chi connectivity index (χ1) is 17.4. The van der Waals surface area contributed by atoms with Crippen molar-refractivity contribution in [2.24, 2.45) is 0 Å². The van der Waals surface area contributed by atoms with Gasteiger partial charge in [0.05, 0.1) is 26.6 Å². The number of methoxy groups -OCH3 is 1. The Hall–Kier alpha value is -2.65. The molecule has 0 aromatic heterocycles. The fraction of sp³-hybridized carbons (Fsp3) is 0.0714. The van der Waals surface area contributed by atoms with Gasteiger partial charge in [0.25, 0.3) is 5.91 Å². The molecule has 36 heavy (non-hydrogen) atoms. The van der Waals surface area contributed by atoms with E-state index >= 15 is 0 Å². The molecule has 5 rings (SSSR count). The summed E-state index contributed by atoms with van der Waals surface area (Å²) in [7, 11) is 1.60. The van der Waals surface area contributed by atoms with Crippen molar-refractivity contribution in [3.05, 3.63) is 104 Å². The number of anilines is 1. The second-order valence-electron chi connectivity index (χ2n) is 7.96. The third-order valence-electron chi connectivity index (χ3n) is 5.69. The molecule has 0 aliphatic carbocycles. The van der Waals surface area contributed by atoms with Crippen molar-refractivity contribution in [2.75, 3.05) is 12.0 Å². The minimum absolute atomic E-state index is 0.154. The number of ether oxygens (including phenoxy) is 2. The monoisotopic (exact) mass is 639 g/mol. The van der Waals surface area contributed by atoms with Gasteiger partial charge in [-0.25, -0.2) is 0 Å². The molecule has 0 saturated carbocycles. The number of hydrogen-bond acceptors (Lipinski definition) is 5. The van der Waals surface area contributed by atoms with Crippen LogP contribution in [0.3, 0.4) is 0 Å². The summed E-state index contributed by atoms with van der Waals surface area (Å²) in [6, 6.07) is 25.6. The van der Waals surface area contributed by atoms with E-state index in [1.807, 2.05) is 60.7 Å². The molecule has 0 radical (unpaired) electrons. The summed E-state index contributed by atoms with van der Waals surface area (Å²) in [5, 5.41) is 2.35. The van der Waals surface area contributed by atoms with Gasteiger partial charge in [0.15, 0.2) is 4.32 Å². The van der Waals surface area contributed by atoms with Crippen LogP contribution in [-0.4, -0.2) is 17.3 Å². The molecule has 0 atom stereocenters. The first-order valence-corrected chi connectivity index (χ1v) is 13.8. The quantitative estimate of drug-likeness (QED) is 0.156. The highest BCUT2D eigenvalue weighted by molar-refractivity contribution is 9.11. The Labute approximate surface area is 235 Å². The van der Waals surface area contributed by atoms with Crippen LogP contribution < -0.4 is 14.4 Å². The molecular weight excluding hydrogens is 622 g/mol. The molecule has 0 bridgehead atoms. The van der Waals surface area contributed by atoms with Crippen LogP contribution in [0.15, 0.2) is 92.7 Å². The number of halogens is 2. The molecule has 1 aliphatic heterocycles. The Bertz CT molecular complexity index is 1490. The zero-order valence-corrected chi connectivity index (χ0v) is 23.8. The van der Waals surface area contributed by atoms with Crippen molar-refractivity contribution < 1.29 is 14.3 Å². The third kappa shape index (κ3) is 5.09. The number of carbonyl (C=O) groups is 1. The second kappa shape index (κ2) is 10.8. The van der Waals surface area contributed by atoms with Gasteiger partial charge in [-0.15, -0.1) is 0 Å². The fourth-order valence-corrected chi connectivity index (χ4v) is 6.69. The molecule has 180 valence electrons. The minimum atomic E-state index is -0.154.